The van der Waals surface area contributed by atoms with Crippen LogP contribution < -0.4 is 0 Å². The SMILES string of the molecule is OCCCCN1CCC(c2ccc(C(F)(F)F)cc2)CC1. The van der Waals surface area contributed by atoms with Gasteiger partial charge in [0.05, 0.1) is 5.56 Å². The van der Waals surface area contributed by atoms with Gasteiger partial charge in [-0.15, -0.1) is 0 Å². The molecule has 1 aromatic rings. The Kier molecular flexibility index (Phi) is 5.65. The summed E-state index contributed by atoms with van der Waals surface area (Å²) < 4.78 is 37.6. The molecule has 1 N–H and O–H groups in total. The summed E-state index contributed by atoms with van der Waals surface area (Å²) in [5, 5.41) is 8.77. The second kappa shape index (κ2) is 7.27. The number of aliphatic hydroxyl groups excluding tert-OH is 1. The lowest BCUT2D eigenvalue weighted by molar-refractivity contribution is -0.137. The van der Waals surface area contributed by atoms with E-state index in [1.54, 1.807) is 12.1 Å². The van der Waals surface area contributed by atoms with Crippen LogP contribution in [0.15, 0.2) is 24.3 Å². The fourth-order valence-corrected chi connectivity index (χ4v) is 2.88. The zero-order chi connectivity index (χ0) is 15.3. The first-order valence-electron chi connectivity index (χ1n) is 7.51. The van der Waals surface area contributed by atoms with E-state index in [2.05, 4.69) is 4.90 Å². The molecule has 0 bridgehead atoms. The molecule has 2 nitrogen and oxygen atoms in total. The smallest absolute Gasteiger partial charge is 0.396 e. The maximum atomic E-state index is 12.5. The Morgan fingerprint density at radius 2 is 1.67 bits per heavy atom. The van der Waals surface area contributed by atoms with Crippen LogP contribution in [0, 0.1) is 0 Å². The summed E-state index contributed by atoms with van der Waals surface area (Å²) in [6, 6.07) is 5.61. The van der Waals surface area contributed by atoms with Crippen molar-refractivity contribution >= 4 is 0 Å². The van der Waals surface area contributed by atoms with Gasteiger partial charge in [0.2, 0.25) is 0 Å². The van der Waals surface area contributed by atoms with Crippen LogP contribution >= 0.6 is 0 Å². The summed E-state index contributed by atoms with van der Waals surface area (Å²) in [7, 11) is 0. The quantitative estimate of drug-likeness (QED) is 0.839. The number of nitrogens with zero attached hydrogens (tertiary/aromatic N) is 1. The molecule has 0 aliphatic carbocycles. The molecule has 0 saturated carbocycles. The molecule has 21 heavy (non-hydrogen) atoms. The molecule has 118 valence electrons. The van der Waals surface area contributed by atoms with Crippen LogP contribution in [0.1, 0.15) is 42.7 Å². The molecule has 1 saturated heterocycles. The number of hydrogen-bond donors (Lipinski definition) is 1. The van der Waals surface area contributed by atoms with E-state index in [0.29, 0.717) is 5.92 Å². The van der Waals surface area contributed by atoms with Gasteiger partial charge in [-0.25, -0.2) is 0 Å². The number of alkyl halides is 3. The molecular formula is C16H22F3NO. The molecular weight excluding hydrogens is 279 g/mol. The molecule has 0 aromatic heterocycles. The van der Waals surface area contributed by atoms with Gasteiger partial charge in [0.15, 0.2) is 0 Å². The number of aliphatic hydroxyl groups is 1. The molecule has 2 rings (SSSR count). The van der Waals surface area contributed by atoms with E-state index in [1.807, 2.05) is 0 Å². The first-order valence-corrected chi connectivity index (χ1v) is 7.51. The van der Waals surface area contributed by atoms with E-state index in [-0.39, 0.29) is 6.61 Å². The van der Waals surface area contributed by atoms with E-state index in [1.165, 1.54) is 12.1 Å². The zero-order valence-corrected chi connectivity index (χ0v) is 12.1. The van der Waals surface area contributed by atoms with Crippen LogP contribution in [0.2, 0.25) is 0 Å². The predicted octanol–water partition coefficient (Wildman–Crippen LogP) is 3.66. The zero-order valence-electron chi connectivity index (χ0n) is 12.1. The number of hydrogen-bond acceptors (Lipinski definition) is 2. The molecule has 0 radical (unpaired) electrons. The highest BCUT2D eigenvalue weighted by Crippen LogP contribution is 2.32. The van der Waals surface area contributed by atoms with Gasteiger partial charge in [-0.05, 0) is 68.9 Å². The third kappa shape index (κ3) is 4.71. The fraction of sp³-hybridized carbons (Fsp3) is 0.625. The van der Waals surface area contributed by atoms with Crippen molar-refractivity contribution < 1.29 is 18.3 Å². The highest BCUT2D eigenvalue weighted by molar-refractivity contribution is 5.27. The summed E-state index contributed by atoms with van der Waals surface area (Å²) in [6.45, 7) is 3.20. The molecule has 5 heteroatoms. The number of halogens is 3. The van der Waals surface area contributed by atoms with Gasteiger partial charge in [-0.1, -0.05) is 12.1 Å². The molecule has 0 atom stereocenters. The van der Waals surface area contributed by atoms with Crippen molar-refractivity contribution in [2.45, 2.75) is 37.8 Å². The first kappa shape index (κ1) is 16.3. The van der Waals surface area contributed by atoms with Crippen LogP contribution in [-0.4, -0.2) is 36.2 Å². The van der Waals surface area contributed by atoms with Crippen molar-refractivity contribution in [1.29, 1.82) is 0 Å². The van der Waals surface area contributed by atoms with Crippen LogP contribution in [0.3, 0.4) is 0 Å². The Morgan fingerprint density at radius 3 is 2.19 bits per heavy atom. The lowest BCUT2D eigenvalue weighted by atomic mass is 9.89. The molecule has 1 fully saturated rings. The average Bonchev–Trinajstić information content (AvgIpc) is 2.48. The van der Waals surface area contributed by atoms with E-state index in [0.717, 1.165) is 50.9 Å². The van der Waals surface area contributed by atoms with Crippen molar-refractivity contribution in [1.82, 2.24) is 4.90 Å². The summed E-state index contributed by atoms with van der Waals surface area (Å²) in [4.78, 5) is 2.37. The van der Waals surface area contributed by atoms with Crippen molar-refractivity contribution in [3.05, 3.63) is 35.4 Å². The number of likely N-dealkylation sites (tertiary alicyclic amines) is 1. The second-order valence-corrected chi connectivity index (χ2v) is 5.67. The topological polar surface area (TPSA) is 23.5 Å². The van der Waals surface area contributed by atoms with Crippen molar-refractivity contribution in [2.24, 2.45) is 0 Å². The predicted molar refractivity (Wildman–Crippen MR) is 76.2 cm³/mol. The van der Waals surface area contributed by atoms with Gasteiger partial charge in [-0.2, -0.15) is 13.2 Å². The molecule has 0 spiro atoms. The molecule has 1 aromatic carbocycles. The van der Waals surface area contributed by atoms with Crippen LogP contribution in [-0.2, 0) is 6.18 Å². The highest BCUT2D eigenvalue weighted by atomic mass is 19.4. The van der Waals surface area contributed by atoms with Crippen molar-refractivity contribution in [3.8, 4) is 0 Å². The highest BCUT2D eigenvalue weighted by Gasteiger charge is 2.30. The van der Waals surface area contributed by atoms with E-state index >= 15 is 0 Å². The Labute approximate surface area is 123 Å². The standard InChI is InChI=1S/C16H22F3NO/c17-16(18,19)15-5-3-13(4-6-15)14-7-10-20(11-8-14)9-1-2-12-21/h3-6,14,21H,1-2,7-12H2. The maximum absolute atomic E-state index is 12.5. The van der Waals surface area contributed by atoms with Gasteiger partial charge in [0.25, 0.3) is 0 Å². The molecule has 1 heterocycles. The van der Waals surface area contributed by atoms with Crippen LogP contribution in [0.4, 0.5) is 13.2 Å². The first-order chi connectivity index (χ1) is 10.0. The minimum absolute atomic E-state index is 0.238. The normalized spacial score (nSPS) is 18.1. The van der Waals surface area contributed by atoms with E-state index < -0.39 is 11.7 Å². The van der Waals surface area contributed by atoms with Gasteiger partial charge in [-0.3, -0.25) is 0 Å². The summed E-state index contributed by atoms with van der Waals surface area (Å²) in [5.74, 6) is 0.362. The fourth-order valence-electron chi connectivity index (χ4n) is 2.88. The Balaban J connectivity index is 1.85. The minimum Gasteiger partial charge on any atom is -0.396 e. The molecule has 0 amide bonds. The molecule has 1 aliphatic rings. The third-order valence-electron chi connectivity index (χ3n) is 4.18. The second-order valence-electron chi connectivity index (χ2n) is 5.67. The number of rotatable bonds is 5. The molecule has 0 unspecified atom stereocenters. The largest absolute Gasteiger partial charge is 0.416 e. The van der Waals surface area contributed by atoms with Gasteiger partial charge < -0.3 is 10.0 Å². The number of unbranched alkanes of at least 4 members (excludes halogenated alkanes) is 1. The van der Waals surface area contributed by atoms with Crippen molar-refractivity contribution in [2.75, 3.05) is 26.2 Å². The summed E-state index contributed by atoms with van der Waals surface area (Å²) >= 11 is 0. The molecule has 1 aliphatic heterocycles. The van der Waals surface area contributed by atoms with Gasteiger partial charge in [0, 0.05) is 6.61 Å². The van der Waals surface area contributed by atoms with Crippen molar-refractivity contribution in [3.63, 3.8) is 0 Å². The monoisotopic (exact) mass is 301 g/mol. The lowest BCUT2D eigenvalue weighted by Gasteiger charge is -2.32. The van der Waals surface area contributed by atoms with Gasteiger partial charge in [0.1, 0.15) is 0 Å². The minimum atomic E-state index is -4.26. The number of benzene rings is 1. The summed E-state index contributed by atoms with van der Waals surface area (Å²) in [5.41, 5.74) is 0.436. The van der Waals surface area contributed by atoms with Crippen LogP contribution in [0.5, 0.6) is 0 Å². The van der Waals surface area contributed by atoms with E-state index in [9.17, 15) is 13.2 Å². The lowest BCUT2D eigenvalue weighted by Crippen LogP contribution is -2.33. The summed E-state index contributed by atoms with van der Waals surface area (Å²) in [6.07, 6.45) is -0.441. The van der Waals surface area contributed by atoms with Gasteiger partial charge >= 0.3 is 6.18 Å². The average molecular weight is 301 g/mol. The van der Waals surface area contributed by atoms with Crippen LogP contribution in [0.25, 0.3) is 0 Å². The maximum Gasteiger partial charge on any atom is 0.416 e. The van der Waals surface area contributed by atoms with E-state index in [4.69, 9.17) is 5.11 Å². The number of piperidine rings is 1. The Bertz CT molecular complexity index is 422. The Hall–Kier alpha value is -1.07. The third-order valence-corrected chi connectivity index (χ3v) is 4.18. The Morgan fingerprint density at radius 1 is 1.05 bits per heavy atom.